The van der Waals surface area contributed by atoms with Gasteiger partial charge in [-0.1, -0.05) is 12.1 Å². The number of nitrogens with zero attached hydrogens (tertiary/aromatic N) is 1. The number of ether oxygens (including phenoxy) is 3. The molecule has 0 radical (unpaired) electrons. The molecule has 3 N–H and O–H groups in total. The van der Waals surface area contributed by atoms with Crippen molar-refractivity contribution >= 4 is 33.6 Å². The maximum absolute atomic E-state index is 12.2. The molecule has 1 heterocycles. The van der Waals surface area contributed by atoms with Gasteiger partial charge in [-0.3, -0.25) is 14.9 Å². The van der Waals surface area contributed by atoms with Crippen LogP contribution < -0.4 is 24.8 Å². The van der Waals surface area contributed by atoms with Crippen LogP contribution >= 0.6 is 0 Å². The number of esters is 1. The van der Waals surface area contributed by atoms with E-state index in [4.69, 9.17) is 14.7 Å². The van der Waals surface area contributed by atoms with Crippen LogP contribution in [0.5, 0.6) is 11.5 Å². The number of fused-ring (bicyclic) bond motifs is 1. The van der Waals surface area contributed by atoms with Crippen LogP contribution in [0.25, 0.3) is 0 Å². The SMILES string of the molecule is N#Cc1ccccc1S(=O)(=O)NCC(=O)OCC(=O)NC(=O)Nc1ccc2c(c1)OCCO2. The second-order valence-corrected chi connectivity index (χ2v) is 8.19. The third kappa shape index (κ3) is 6.42. The average molecular weight is 474 g/mol. The van der Waals surface area contributed by atoms with Gasteiger partial charge >= 0.3 is 12.0 Å². The second-order valence-electron chi connectivity index (χ2n) is 6.45. The number of amides is 3. The zero-order chi connectivity index (χ0) is 23.8. The molecule has 0 atom stereocenters. The molecule has 2 aromatic rings. The Kier molecular flexibility index (Phi) is 7.44. The number of hydrogen-bond acceptors (Lipinski definition) is 9. The topological polar surface area (TPSA) is 173 Å². The Hall–Kier alpha value is -4.15. The van der Waals surface area contributed by atoms with E-state index in [1.807, 2.05) is 10.0 Å². The molecule has 0 saturated carbocycles. The van der Waals surface area contributed by atoms with Crippen molar-refractivity contribution < 1.29 is 37.0 Å². The van der Waals surface area contributed by atoms with Crippen molar-refractivity contribution in [3.05, 3.63) is 48.0 Å². The lowest BCUT2D eigenvalue weighted by Crippen LogP contribution is -2.38. The number of benzene rings is 2. The van der Waals surface area contributed by atoms with Crippen LogP contribution in [0.4, 0.5) is 10.5 Å². The molecule has 1 aliphatic heterocycles. The van der Waals surface area contributed by atoms with E-state index in [2.05, 4.69) is 10.1 Å². The number of hydrogen-bond donors (Lipinski definition) is 3. The number of urea groups is 1. The van der Waals surface area contributed by atoms with Crippen molar-refractivity contribution in [3.63, 3.8) is 0 Å². The number of rotatable bonds is 7. The smallest absolute Gasteiger partial charge is 0.325 e. The van der Waals surface area contributed by atoms with Gasteiger partial charge in [0.2, 0.25) is 10.0 Å². The van der Waals surface area contributed by atoms with Gasteiger partial charge in [0.1, 0.15) is 25.8 Å². The Bertz CT molecular complexity index is 1220. The normalized spacial score (nSPS) is 12.2. The van der Waals surface area contributed by atoms with Gasteiger partial charge in [-0.25, -0.2) is 13.2 Å². The fourth-order valence-electron chi connectivity index (χ4n) is 2.67. The summed E-state index contributed by atoms with van der Waals surface area (Å²) in [6.07, 6.45) is 0. The molecule has 0 saturated heterocycles. The van der Waals surface area contributed by atoms with Crippen molar-refractivity contribution in [2.24, 2.45) is 0 Å². The van der Waals surface area contributed by atoms with Gasteiger partial charge in [0.25, 0.3) is 5.91 Å². The maximum atomic E-state index is 12.2. The van der Waals surface area contributed by atoms with Crippen molar-refractivity contribution in [2.45, 2.75) is 4.90 Å². The Morgan fingerprint density at radius 2 is 1.79 bits per heavy atom. The summed E-state index contributed by atoms with van der Waals surface area (Å²) in [4.78, 5) is 35.2. The number of nitriles is 1. The highest BCUT2D eigenvalue weighted by molar-refractivity contribution is 7.89. The second kappa shape index (κ2) is 10.4. The largest absolute Gasteiger partial charge is 0.486 e. The number of sulfonamides is 1. The summed E-state index contributed by atoms with van der Waals surface area (Å²) >= 11 is 0. The predicted octanol–water partition coefficient (Wildman–Crippen LogP) is 0.499. The van der Waals surface area contributed by atoms with E-state index in [0.717, 1.165) is 0 Å². The minimum Gasteiger partial charge on any atom is -0.486 e. The lowest BCUT2D eigenvalue weighted by Gasteiger charge is -2.19. The van der Waals surface area contributed by atoms with Gasteiger partial charge in [-0.15, -0.1) is 0 Å². The number of imide groups is 1. The molecular weight excluding hydrogens is 456 g/mol. The van der Waals surface area contributed by atoms with E-state index in [1.54, 1.807) is 18.2 Å². The Morgan fingerprint density at radius 3 is 2.55 bits per heavy atom. The summed E-state index contributed by atoms with van der Waals surface area (Å²) in [7, 11) is -4.15. The first-order valence-corrected chi connectivity index (χ1v) is 10.9. The highest BCUT2D eigenvalue weighted by atomic mass is 32.2. The maximum Gasteiger partial charge on any atom is 0.325 e. The quantitative estimate of drug-likeness (QED) is 0.483. The number of carbonyl (C=O) groups excluding carboxylic acids is 3. The zero-order valence-electron chi connectivity index (χ0n) is 17.0. The minimum atomic E-state index is -4.15. The van der Waals surface area contributed by atoms with E-state index >= 15 is 0 Å². The molecule has 172 valence electrons. The standard InChI is InChI=1S/C20H18N4O8S/c21-10-13-3-1-2-4-17(13)33(28,29)22-11-19(26)32-12-18(25)24-20(27)23-14-5-6-15-16(9-14)31-8-7-30-15/h1-6,9,22H,7-8,11-12H2,(H2,23,24,25,27). The van der Waals surface area contributed by atoms with Crippen LogP contribution in [-0.4, -0.2) is 52.7 Å². The number of anilines is 1. The number of carbonyl (C=O) groups is 3. The van der Waals surface area contributed by atoms with Gasteiger partial charge in [0.05, 0.1) is 10.5 Å². The Morgan fingerprint density at radius 1 is 1.06 bits per heavy atom. The molecule has 0 bridgehead atoms. The van der Waals surface area contributed by atoms with E-state index < -0.39 is 41.1 Å². The van der Waals surface area contributed by atoms with E-state index in [9.17, 15) is 22.8 Å². The first-order valence-electron chi connectivity index (χ1n) is 9.43. The van der Waals surface area contributed by atoms with Crippen LogP contribution in [-0.2, 0) is 24.3 Å². The van der Waals surface area contributed by atoms with Gasteiger partial charge < -0.3 is 19.5 Å². The fourth-order valence-corrected chi connectivity index (χ4v) is 3.79. The molecule has 0 aromatic heterocycles. The summed E-state index contributed by atoms with van der Waals surface area (Å²) in [5, 5.41) is 13.4. The summed E-state index contributed by atoms with van der Waals surface area (Å²) in [6.45, 7) is -0.807. The van der Waals surface area contributed by atoms with Gasteiger partial charge in [0.15, 0.2) is 18.1 Å². The predicted molar refractivity (Wildman–Crippen MR) is 112 cm³/mol. The third-order valence-electron chi connectivity index (χ3n) is 4.12. The molecule has 0 unspecified atom stereocenters. The minimum absolute atomic E-state index is 0.0956. The van der Waals surface area contributed by atoms with Crippen LogP contribution in [0.15, 0.2) is 47.4 Å². The van der Waals surface area contributed by atoms with Crippen LogP contribution in [0.2, 0.25) is 0 Å². The molecule has 2 aromatic carbocycles. The third-order valence-corrected chi connectivity index (χ3v) is 5.58. The molecular formula is C20H18N4O8S. The first kappa shape index (κ1) is 23.5. The molecule has 3 amide bonds. The summed E-state index contributed by atoms with van der Waals surface area (Å²) < 4.78 is 41.9. The monoisotopic (exact) mass is 474 g/mol. The van der Waals surface area contributed by atoms with Crippen LogP contribution in [0.3, 0.4) is 0 Å². The molecule has 3 rings (SSSR count). The molecule has 33 heavy (non-hydrogen) atoms. The highest BCUT2D eigenvalue weighted by Crippen LogP contribution is 2.32. The molecule has 0 aliphatic carbocycles. The van der Waals surface area contributed by atoms with E-state index in [-0.39, 0.29) is 10.5 Å². The van der Waals surface area contributed by atoms with Gasteiger partial charge in [-0.2, -0.15) is 9.98 Å². The van der Waals surface area contributed by atoms with Gasteiger partial charge in [-0.05, 0) is 24.3 Å². The zero-order valence-corrected chi connectivity index (χ0v) is 17.8. The average Bonchev–Trinajstić information content (AvgIpc) is 2.81. The van der Waals surface area contributed by atoms with Crippen LogP contribution in [0, 0.1) is 11.3 Å². The van der Waals surface area contributed by atoms with Crippen molar-refractivity contribution in [3.8, 4) is 17.6 Å². The lowest BCUT2D eigenvalue weighted by atomic mass is 10.2. The molecule has 13 heteroatoms. The lowest BCUT2D eigenvalue weighted by molar-refractivity contribution is -0.147. The summed E-state index contributed by atoms with van der Waals surface area (Å²) in [5.41, 5.74) is 0.246. The van der Waals surface area contributed by atoms with Crippen LogP contribution in [0.1, 0.15) is 5.56 Å². The molecule has 12 nitrogen and oxygen atoms in total. The van der Waals surface area contributed by atoms with Gasteiger partial charge in [0, 0.05) is 11.8 Å². The summed E-state index contributed by atoms with van der Waals surface area (Å²) in [6, 6.07) is 11.0. The van der Waals surface area contributed by atoms with Crippen molar-refractivity contribution in [1.29, 1.82) is 5.26 Å². The summed E-state index contributed by atoms with van der Waals surface area (Å²) in [5.74, 6) is -1.02. The van der Waals surface area contributed by atoms with E-state index in [1.165, 1.54) is 30.3 Å². The molecule has 0 spiro atoms. The first-order chi connectivity index (χ1) is 15.8. The Labute approximate surface area is 188 Å². The van der Waals surface area contributed by atoms with Crippen molar-refractivity contribution in [1.82, 2.24) is 10.0 Å². The van der Waals surface area contributed by atoms with E-state index in [0.29, 0.717) is 30.4 Å². The number of nitrogens with one attached hydrogen (secondary N) is 3. The van der Waals surface area contributed by atoms with Crippen molar-refractivity contribution in [2.75, 3.05) is 31.7 Å². The molecule has 1 aliphatic rings. The highest BCUT2D eigenvalue weighted by Gasteiger charge is 2.20. The molecule has 0 fully saturated rings. The fraction of sp³-hybridized carbons (Fsp3) is 0.200. The Balaban J connectivity index is 1.43.